The first-order valence-corrected chi connectivity index (χ1v) is 6.63. The number of benzene rings is 1. The molecular formula is C15H21NO2. The molecule has 0 atom stereocenters. The van der Waals surface area contributed by atoms with Crippen LogP contribution < -0.4 is 9.64 Å². The number of hydrogen-bond acceptors (Lipinski definition) is 3. The average molecular weight is 247 g/mol. The molecule has 0 bridgehead atoms. The fourth-order valence-corrected chi connectivity index (χ4v) is 2.28. The van der Waals surface area contributed by atoms with Crippen LogP contribution >= 0.6 is 0 Å². The van der Waals surface area contributed by atoms with Crippen LogP contribution in [0.5, 0.6) is 5.75 Å². The van der Waals surface area contributed by atoms with Crippen molar-refractivity contribution in [3.8, 4) is 5.75 Å². The van der Waals surface area contributed by atoms with Crippen molar-refractivity contribution in [1.29, 1.82) is 0 Å². The molecule has 0 radical (unpaired) electrons. The summed E-state index contributed by atoms with van der Waals surface area (Å²) in [7, 11) is 2.07. The molecule has 2 rings (SSSR count). The van der Waals surface area contributed by atoms with E-state index in [2.05, 4.69) is 30.1 Å². The average Bonchev–Trinajstić information content (AvgIpc) is 2.37. The molecule has 1 aliphatic heterocycles. The molecule has 0 aromatic heterocycles. The molecule has 0 N–H and O–H groups in total. The van der Waals surface area contributed by atoms with E-state index in [4.69, 9.17) is 4.74 Å². The van der Waals surface area contributed by atoms with Gasteiger partial charge in [0, 0.05) is 25.7 Å². The van der Waals surface area contributed by atoms with E-state index >= 15 is 0 Å². The monoisotopic (exact) mass is 247 g/mol. The van der Waals surface area contributed by atoms with E-state index < -0.39 is 0 Å². The molecule has 0 unspecified atom stereocenters. The van der Waals surface area contributed by atoms with Gasteiger partial charge in [-0.05, 0) is 49.9 Å². The number of ether oxygens (including phenoxy) is 1. The van der Waals surface area contributed by atoms with Crippen LogP contribution in [0.15, 0.2) is 18.2 Å². The molecule has 3 nitrogen and oxygen atoms in total. The highest BCUT2D eigenvalue weighted by Crippen LogP contribution is 2.28. The highest BCUT2D eigenvalue weighted by molar-refractivity contribution is 5.75. The minimum atomic E-state index is 0.266. The molecule has 1 aromatic rings. The second kappa shape index (κ2) is 5.89. The maximum atomic E-state index is 10.9. The quantitative estimate of drug-likeness (QED) is 0.801. The van der Waals surface area contributed by atoms with Crippen LogP contribution in [0.3, 0.4) is 0 Å². The second-order valence-electron chi connectivity index (χ2n) is 4.97. The Morgan fingerprint density at radius 3 is 3.06 bits per heavy atom. The molecule has 0 fully saturated rings. The summed E-state index contributed by atoms with van der Waals surface area (Å²) in [5.41, 5.74) is 2.51. The van der Waals surface area contributed by atoms with Crippen LogP contribution in [0.2, 0.25) is 0 Å². The van der Waals surface area contributed by atoms with Gasteiger partial charge < -0.3 is 14.4 Å². The molecule has 0 amide bonds. The van der Waals surface area contributed by atoms with Crippen molar-refractivity contribution in [2.24, 2.45) is 0 Å². The van der Waals surface area contributed by atoms with Crippen LogP contribution in [-0.2, 0) is 11.2 Å². The molecule has 1 aromatic carbocycles. The van der Waals surface area contributed by atoms with Crippen LogP contribution in [0.4, 0.5) is 5.69 Å². The summed E-state index contributed by atoms with van der Waals surface area (Å²) < 4.78 is 5.61. The van der Waals surface area contributed by atoms with E-state index in [9.17, 15) is 4.79 Å². The highest BCUT2D eigenvalue weighted by Gasteiger charge is 2.11. The lowest BCUT2D eigenvalue weighted by atomic mass is 10.1. The first-order valence-electron chi connectivity index (χ1n) is 6.63. The van der Waals surface area contributed by atoms with Gasteiger partial charge in [-0.15, -0.1) is 0 Å². The molecule has 1 heterocycles. The lowest BCUT2D eigenvalue weighted by molar-refractivity contribution is -0.117. The normalized spacial score (nSPS) is 13.7. The highest BCUT2D eigenvalue weighted by atomic mass is 16.5. The van der Waals surface area contributed by atoms with Crippen molar-refractivity contribution in [3.63, 3.8) is 0 Å². The summed E-state index contributed by atoms with van der Waals surface area (Å²) in [6.45, 7) is 3.40. The smallest absolute Gasteiger partial charge is 0.129 e. The van der Waals surface area contributed by atoms with Gasteiger partial charge in [0.2, 0.25) is 0 Å². The first kappa shape index (κ1) is 12.9. The van der Waals surface area contributed by atoms with Gasteiger partial charge in [-0.2, -0.15) is 0 Å². The second-order valence-corrected chi connectivity index (χ2v) is 4.97. The van der Waals surface area contributed by atoms with Crippen LogP contribution in [-0.4, -0.2) is 26.0 Å². The molecule has 1 aliphatic rings. The van der Waals surface area contributed by atoms with E-state index in [0.29, 0.717) is 6.42 Å². The molecule has 0 saturated carbocycles. The summed E-state index contributed by atoms with van der Waals surface area (Å²) in [5.74, 6) is 1.30. The number of nitrogens with zero attached hydrogens (tertiary/aromatic N) is 1. The number of Topliss-reactive ketones (excluding diaryl/α,β-unsaturated/α-hetero) is 1. The summed E-state index contributed by atoms with van der Waals surface area (Å²) >= 11 is 0. The summed E-state index contributed by atoms with van der Waals surface area (Å²) in [6, 6.07) is 6.37. The first-order chi connectivity index (χ1) is 8.66. The lowest BCUT2D eigenvalue weighted by Crippen LogP contribution is -2.19. The SMILES string of the molecule is CC(=O)CCCN(C)c1ccc2c(c1)CCCO2. The molecule has 3 heteroatoms. The van der Waals surface area contributed by atoms with Gasteiger partial charge in [-0.3, -0.25) is 0 Å². The Morgan fingerprint density at radius 1 is 1.44 bits per heavy atom. The van der Waals surface area contributed by atoms with Gasteiger partial charge in [0.15, 0.2) is 0 Å². The number of carbonyl (C=O) groups excluding carboxylic acids is 1. The van der Waals surface area contributed by atoms with Crippen molar-refractivity contribution in [2.45, 2.75) is 32.6 Å². The summed E-state index contributed by atoms with van der Waals surface area (Å²) in [4.78, 5) is 13.1. The molecule has 0 saturated heterocycles. The van der Waals surface area contributed by atoms with Crippen LogP contribution in [0.25, 0.3) is 0 Å². The van der Waals surface area contributed by atoms with Crippen molar-refractivity contribution in [2.75, 3.05) is 25.1 Å². The van der Waals surface area contributed by atoms with Gasteiger partial charge in [0.05, 0.1) is 6.61 Å². The zero-order chi connectivity index (χ0) is 13.0. The van der Waals surface area contributed by atoms with Crippen molar-refractivity contribution in [1.82, 2.24) is 0 Å². The van der Waals surface area contributed by atoms with Gasteiger partial charge in [0.25, 0.3) is 0 Å². The lowest BCUT2D eigenvalue weighted by Gasteiger charge is -2.23. The van der Waals surface area contributed by atoms with E-state index in [-0.39, 0.29) is 5.78 Å². The summed E-state index contributed by atoms with van der Waals surface area (Å²) in [6.07, 6.45) is 3.78. The Kier molecular flexibility index (Phi) is 4.24. The molecule has 0 spiro atoms. The Balaban J connectivity index is 1.97. The maximum absolute atomic E-state index is 10.9. The Hall–Kier alpha value is -1.51. The Bertz CT molecular complexity index is 429. The van der Waals surface area contributed by atoms with Crippen molar-refractivity contribution in [3.05, 3.63) is 23.8 Å². The van der Waals surface area contributed by atoms with Crippen molar-refractivity contribution < 1.29 is 9.53 Å². The van der Waals surface area contributed by atoms with E-state index in [1.54, 1.807) is 6.92 Å². The van der Waals surface area contributed by atoms with Gasteiger partial charge in [0.1, 0.15) is 11.5 Å². The maximum Gasteiger partial charge on any atom is 0.129 e. The number of carbonyl (C=O) groups is 1. The predicted molar refractivity (Wildman–Crippen MR) is 73.4 cm³/mol. The van der Waals surface area contributed by atoms with E-state index in [0.717, 1.165) is 38.2 Å². The number of hydrogen-bond donors (Lipinski definition) is 0. The van der Waals surface area contributed by atoms with E-state index in [1.165, 1.54) is 11.3 Å². The Morgan fingerprint density at radius 2 is 2.28 bits per heavy atom. The Labute approximate surface area is 109 Å². The standard InChI is InChI=1S/C15H21NO2/c1-12(17)5-3-9-16(2)14-7-8-15-13(11-14)6-4-10-18-15/h7-8,11H,3-6,9-10H2,1-2H3. The molecule has 98 valence electrons. The topological polar surface area (TPSA) is 29.5 Å². The molecule has 18 heavy (non-hydrogen) atoms. The molecule has 0 aliphatic carbocycles. The fraction of sp³-hybridized carbons (Fsp3) is 0.533. The third kappa shape index (κ3) is 3.25. The minimum Gasteiger partial charge on any atom is -0.493 e. The minimum absolute atomic E-state index is 0.266. The van der Waals surface area contributed by atoms with Crippen LogP contribution in [0.1, 0.15) is 31.7 Å². The zero-order valence-corrected chi connectivity index (χ0v) is 11.2. The zero-order valence-electron chi connectivity index (χ0n) is 11.2. The fourth-order valence-electron chi connectivity index (χ4n) is 2.28. The molecular weight excluding hydrogens is 226 g/mol. The number of anilines is 1. The van der Waals surface area contributed by atoms with Gasteiger partial charge in [-0.1, -0.05) is 0 Å². The van der Waals surface area contributed by atoms with Gasteiger partial charge in [-0.25, -0.2) is 0 Å². The number of rotatable bonds is 5. The number of fused-ring (bicyclic) bond motifs is 1. The van der Waals surface area contributed by atoms with E-state index in [1.807, 2.05) is 0 Å². The largest absolute Gasteiger partial charge is 0.493 e. The number of aryl methyl sites for hydroxylation is 1. The predicted octanol–water partition coefficient (Wildman–Crippen LogP) is 2.82. The van der Waals surface area contributed by atoms with Gasteiger partial charge >= 0.3 is 0 Å². The van der Waals surface area contributed by atoms with Crippen LogP contribution in [0, 0.1) is 0 Å². The van der Waals surface area contributed by atoms with Crippen molar-refractivity contribution >= 4 is 11.5 Å². The number of ketones is 1. The third-order valence-electron chi connectivity index (χ3n) is 3.36. The summed E-state index contributed by atoms with van der Waals surface area (Å²) in [5, 5.41) is 0. The third-order valence-corrected chi connectivity index (χ3v) is 3.36.